The van der Waals surface area contributed by atoms with E-state index in [0.29, 0.717) is 24.1 Å². The molecule has 0 saturated heterocycles. The van der Waals surface area contributed by atoms with Crippen LogP contribution in [0.4, 0.5) is 0 Å². The van der Waals surface area contributed by atoms with Crippen molar-refractivity contribution in [3.8, 4) is 11.5 Å². The second-order valence-corrected chi connectivity index (χ2v) is 6.16. The van der Waals surface area contributed by atoms with Crippen LogP contribution in [0.15, 0.2) is 18.2 Å². The summed E-state index contributed by atoms with van der Waals surface area (Å²) in [7, 11) is 3.75. The molecule has 21 heavy (non-hydrogen) atoms. The van der Waals surface area contributed by atoms with Gasteiger partial charge in [-0.15, -0.1) is 0 Å². The van der Waals surface area contributed by atoms with Crippen LogP contribution in [0.1, 0.15) is 43.8 Å². The minimum Gasteiger partial charge on any atom is -0.493 e. The Hall–Kier alpha value is -1.26. The first-order valence-electron chi connectivity index (χ1n) is 7.92. The van der Waals surface area contributed by atoms with Crippen molar-refractivity contribution < 1.29 is 14.6 Å². The molecule has 1 saturated carbocycles. The lowest BCUT2D eigenvalue weighted by atomic mass is 9.91. The summed E-state index contributed by atoms with van der Waals surface area (Å²) < 4.78 is 11.2. The summed E-state index contributed by atoms with van der Waals surface area (Å²) in [5.41, 5.74) is 0.841. The first-order valence-corrected chi connectivity index (χ1v) is 7.92. The molecule has 2 unspecified atom stereocenters. The van der Waals surface area contributed by atoms with Crippen LogP contribution < -0.4 is 9.47 Å². The number of hydrogen-bond acceptors (Lipinski definition) is 4. The first-order chi connectivity index (χ1) is 10.2. The minimum atomic E-state index is -0.518. The molecule has 1 heterocycles. The fraction of sp³-hybridized carbons (Fsp3) is 0.647. The number of fused-ring (bicyclic) bond motifs is 1. The Balaban J connectivity index is 1.80. The molecule has 0 aromatic heterocycles. The molecule has 1 aliphatic heterocycles. The van der Waals surface area contributed by atoms with Crippen LogP contribution in [0.2, 0.25) is 0 Å². The Bertz CT molecular complexity index is 485. The zero-order valence-electron chi connectivity index (χ0n) is 12.9. The molecule has 0 bridgehead atoms. The number of rotatable bonds is 3. The van der Waals surface area contributed by atoms with E-state index in [1.165, 1.54) is 32.1 Å². The average molecular weight is 291 g/mol. The topological polar surface area (TPSA) is 41.9 Å². The Morgan fingerprint density at radius 1 is 1.24 bits per heavy atom. The van der Waals surface area contributed by atoms with E-state index in [2.05, 4.69) is 11.9 Å². The van der Waals surface area contributed by atoms with E-state index < -0.39 is 6.10 Å². The van der Waals surface area contributed by atoms with E-state index in [-0.39, 0.29) is 6.04 Å². The van der Waals surface area contributed by atoms with E-state index in [9.17, 15) is 5.11 Å². The van der Waals surface area contributed by atoms with Crippen molar-refractivity contribution in [3.05, 3.63) is 23.8 Å². The molecule has 116 valence electrons. The molecular formula is C17H25NO3. The maximum Gasteiger partial charge on any atom is 0.167 e. The lowest BCUT2D eigenvalue weighted by Gasteiger charge is -2.41. The number of benzene rings is 1. The molecule has 4 nitrogen and oxygen atoms in total. The highest BCUT2D eigenvalue weighted by Crippen LogP contribution is 2.41. The summed E-state index contributed by atoms with van der Waals surface area (Å²) in [6, 6.07) is 6.30. The van der Waals surface area contributed by atoms with Crippen molar-refractivity contribution in [2.45, 2.75) is 50.3 Å². The highest BCUT2D eigenvalue weighted by molar-refractivity contribution is 5.49. The third-order valence-electron chi connectivity index (χ3n) is 4.98. The van der Waals surface area contributed by atoms with E-state index in [1.807, 2.05) is 18.2 Å². The SMILES string of the molecule is COc1cccc2c1OCC(N(C)C1CCCCC1)C2O. The molecule has 0 radical (unpaired) electrons. The normalized spacial score (nSPS) is 26.3. The van der Waals surface area contributed by atoms with Crippen molar-refractivity contribution in [2.75, 3.05) is 20.8 Å². The van der Waals surface area contributed by atoms with Gasteiger partial charge in [-0.1, -0.05) is 31.4 Å². The summed E-state index contributed by atoms with van der Waals surface area (Å²) in [5.74, 6) is 1.39. The van der Waals surface area contributed by atoms with Crippen LogP contribution in [0, 0.1) is 0 Å². The van der Waals surface area contributed by atoms with E-state index in [0.717, 1.165) is 5.56 Å². The minimum absolute atomic E-state index is 0.0210. The zero-order valence-corrected chi connectivity index (χ0v) is 12.9. The molecule has 2 atom stereocenters. The Morgan fingerprint density at radius 3 is 2.71 bits per heavy atom. The van der Waals surface area contributed by atoms with Gasteiger partial charge in [0, 0.05) is 11.6 Å². The second-order valence-electron chi connectivity index (χ2n) is 6.16. The third kappa shape index (κ3) is 2.74. The van der Waals surface area contributed by atoms with Crippen LogP contribution in [-0.4, -0.2) is 42.9 Å². The molecule has 2 aliphatic rings. The van der Waals surface area contributed by atoms with Gasteiger partial charge in [-0.25, -0.2) is 0 Å². The van der Waals surface area contributed by atoms with E-state index in [4.69, 9.17) is 9.47 Å². The number of aliphatic hydroxyl groups excluding tert-OH is 1. The van der Waals surface area contributed by atoms with E-state index in [1.54, 1.807) is 7.11 Å². The molecule has 3 rings (SSSR count). The summed E-state index contributed by atoms with van der Waals surface area (Å²) in [6.45, 7) is 0.515. The first kappa shape index (κ1) is 14.7. The number of ether oxygens (including phenoxy) is 2. The fourth-order valence-electron chi connectivity index (χ4n) is 3.65. The highest BCUT2D eigenvalue weighted by Gasteiger charge is 2.36. The lowest BCUT2D eigenvalue weighted by Crippen LogP contribution is -2.49. The van der Waals surface area contributed by atoms with Crippen LogP contribution in [0.5, 0.6) is 11.5 Å². The lowest BCUT2D eigenvalue weighted by molar-refractivity contribution is -0.0108. The van der Waals surface area contributed by atoms with Gasteiger partial charge in [0.15, 0.2) is 11.5 Å². The molecule has 0 amide bonds. The fourth-order valence-corrected chi connectivity index (χ4v) is 3.65. The summed E-state index contributed by atoms with van der Waals surface area (Å²) in [4.78, 5) is 2.33. The molecule has 1 fully saturated rings. The maximum absolute atomic E-state index is 10.8. The van der Waals surface area contributed by atoms with Gasteiger partial charge in [0.05, 0.1) is 13.2 Å². The standard InChI is InChI=1S/C17H25NO3/c1-18(12-7-4-3-5-8-12)14-11-21-17-13(16(14)19)9-6-10-15(17)20-2/h6,9-10,12,14,16,19H,3-5,7-8,11H2,1-2H3. The van der Waals surface area contributed by atoms with Crippen LogP contribution in [0.25, 0.3) is 0 Å². The van der Waals surface area contributed by atoms with Gasteiger partial charge in [0.1, 0.15) is 12.7 Å². The number of likely N-dealkylation sites (N-methyl/N-ethyl adjacent to an activating group) is 1. The van der Waals surface area contributed by atoms with Crippen LogP contribution in [0.3, 0.4) is 0 Å². The van der Waals surface area contributed by atoms with Gasteiger partial charge in [0.25, 0.3) is 0 Å². The van der Waals surface area contributed by atoms with Gasteiger partial charge in [-0.3, -0.25) is 4.90 Å². The Labute approximate surface area is 126 Å². The van der Waals surface area contributed by atoms with Crippen molar-refractivity contribution in [1.29, 1.82) is 0 Å². The quantitative estimate of drug-likeness (QED) is 0.930. The number of hydrogen-bond donors (Lipinski definition) is 1. The van der Waals surface area contributed by atoms with Gasteiger partial charge < -0.3 is 14.6 Å². The monoisotopic (exact) mass is 291 g/mol. The average Bonchev–Trinajstić information content (AvgIpc) is 2.55. The number of aliphatic hydroxyl groups is 1. The molecule has 1 aromatic rings. The summed E-state index contributed by atoms with van der Waals surface area (Å²) in [6.07, 6.45) is 5.87. The zero-order chi connectivity index (χ0) is 14.8. The van der Waals surface area contributed by atoms with Crippen molar-refractivity contribution in [3.63, 3.8) is 0 Å². The number of methoxy groups -OCH3 is 1. The van der Waals surface area contributed by atoms with Gasteiger partial charge >= 0.3 is 0 Å². The Morgan fingerprint density at radius 2 is 2.00 bits per heavy atom. The molecule has 4 heteroatoms. The number of nitrogens with zero attached hydrogens (tertiary/aromatic N) is 1. The molecule has 1 aromatic carbocycles. The summed E-state index contributed by atoms with van der Waals surface area (Å²) >= 11 is 0. The number of para-hydroxylation sites is 1. The van der Waals surface area contributed by atoms with Crippen LogP contribution >= 0.6 is 0 Å². The molecular weight excluding hydrogens is 266 g/mol. The van der Waals surface area contributed by atoms with E-state index >= 15 is 0 Å². The summed E-state index contributed by atoms with van der Waals surface area (Å²) in [5, 5.41) is 10.8. The molecule has 0 spiro atoms. The van der Waals surface area contributed by atoms with Crippen molar-refractivity contribution >= 4 is 0 Å². The third-order valence-corrected chi connectivity index (χ3v) is 4.98. The highest BCUT2D eigenvalue weighted by atomic mass is 16.5. The predicted molar refractivity (Wildman–Crippen MR) is 81.9 cm³/mol. The largest absolute Gasteiger partial charge is 0.493 e. The van der Waals surface area contributed by atoms with Gasteiger partial charge in [0.2, 0.25) is 0 Å². The van der Waals surface area contributed by atoms with Crippen molar-refractivity contribution in [1.82, 2.24) is 4.90 Å². The second kappa shape index (κ2) is 6.24. The maximum atomic E-state index is 10.8. The molecule has 1 N–H and O–H groups in total. The van der Waals surface area contributed by atoms with Crippen molar-refractivity contribution in [2.24, 2.45) is 0 Å². The smallest absolute Gasteiger partial charge is 0.167 e. The Kier molecular flexibility index (Phi) is 4.36. The van der Waals surface area contributed by atoms with Gasteiger partial charge in [-0.05, 0) is 26.0 Å². The van der Waals surface area contributed by atoms with Gasteiger partial charge in [-0.2, -0.15) is 0 Å². The predicted octanol–water partition coefficient (Wildman–Crippen LogP) is 2.75. The van der Waals surface area contributed by atoms with Crippen LogP contribution in [-0.2, 0) is 0 Å². The molecule has 1 aliphatic carbocycles.